The molecule has 0 fully saturated rings. The quantitative estimate of drug-likeness (QED) is 0.541. The van der Waals surface area contributed by atoms with Gasteiger partial charge < -0.3 is 4.74 Å². The molecule has 0 N–H and O–H groups in total. The van der Waals surface area contributed by atoms with Gasteiger partial charge in [0.25, 0.3) is 5.56 Å². The van der Waals surface area contributed by atoms with Gasteiger partial charge in [-0.25, -0.2) is 18.6 Å². The van der Waals surface area contributed by atoms with Crippen LogP contribution in [0.1, 0.15) is 31.0 Å². The summed E-state index contributed by atoms with van der Waals surface area (Å²) in [7, 11) is 0. The minimum Gasteiger partial charge on any atom is -0.463 e. The van der Waals surface area contributed by atoms with E-state index < -0.39 is 29.2 Å². The summed E-state index contributed by atoms with van der Waals surface area (Å²) in [6.07, 6.45) is 1.34. The number of rotatable bonds is 4. The Kier molecular flexibility index (Phi) is 6.08. The Morgan fingerprint density at radius 2 is 1.94 bits per heavy atom. The van der Waals surface area contributed by atoms with Gasteiger partial charge in [0, 0.05) is 11.1 Å². The van der Waals surface area contributed by atoms with E-state index in [1.807, 2.05) is 0 Å². The van der Waals surface area contributed by atoms with Gasteiger partial charge in [0.2, 0.25) is 0 Å². The van der Waals surface area contributed by atoms with Gasteiger partial charge in [0.1, 0.15) is 17.7 Å². The maximum Gasteiger partial charge on any atom is 0.338 e. The Morgan fingerprint density at radius 3 is 2.62 bits per heavy atom. The highest BCUT2D eigenvalue weighted by Crippen LogP contribution is 2.32. The predicted molar refractivity (Wildman–Crippen MR) is 118 cm³/mol. The van der Waals surface area contributed by atoms with E-state index in [1.165, 1.54) is 47.0 Å². The van der Waals surface area contributed by atoms with Crippen LogP contribution in [0.5, 0.6) is 0 Å². The van der Waals surface area contributed by atoms with Crippen molar-refractivity contribution in [2.45, 2.75) is 19.9 Å². The Bertz CT molecular complexity index is 1420. The van der Waals surface area contributed by atoms with Gasteiger partial charge in [-0.05, 0) is 38.1 Å². The molecule has 1 aliphatic rings. The molecule has 3 aromatic rings. The van der Waals surface area contributed by atoms with E-state index >= 15 is 0 Å². The van der Waals surface area contributed by atoms with Crippen molar-refractivity contribution in [1.82, 2.24) is 4.57 Å². The molecular weight excluding hydrogens is 458 g/mol. The molecular formula is C23H17ClF2N2O3S. The fourth-order valence-corrected chi connectivity index (χ4v) is 4.81. The summed E-state index contributed by atoms with van der Waals surface area (Å²) in [5.74, 6) is -1.86. The van der Waals surface area contributed by atoms with E-state index in [4.69, 9.17) is 16.3 Å². The number of benzene rings is 2. The summed E-state index contributed by atoms with van der Waals surface area (Å²) in [6.45, 7) is 3.36. The molecule has 1 aliphatic heterocycles. The molecule has 0 amide bonds. The molecule has 0 saturated carbocycles. The van der Waals surface area contributed by atoms with Crippen molar-refractivity contribution in [3.8, 4) is 0 Å². The number of thiazole rings is 1. The zero-order valence-corrected chi connectivity index (χ0v) is 18.6. The molecule has 0 unspecified atom stereocenters. The average molecular weight is 475 g/mol. The molecule has 32 heavy (non-hydrogen) atoms. The first-order valence-electron chi connectivity index (χ1n) is 9.71. The number of aromatic nitrogens is 1. The van der Waals surface area contributed by atoms with Crippen LogP contribution in [0.2, 0.25) is 5.02 Å². The van der Waals surface area contributed by atoms with Gasteiger partial charge in [0.05, 0.1) is 27.4 Å². The number of carbonyl (C=O) groups is 1. The highest BCUT2D eigenvalue weighted by Gasteiger charge is 2.34. The Hall–Kier alpha value is -3.10. The largest absolute Gasteiger partial charge is 0.463 e. The molecule has 0 bridgehead atoms. The summed E-state index contributed by atoms with van der Waals surface area (Å²) in [6, 6.07) is 9.02. The van der Waals surface area contributed by atoms with Crippen molar-refractivity contribution in [3.63, 3.8) is 0 Å². The second kappa shape index (κ2) is 8.80. The van der Waals surface area contributed by atoms with Crippen LogP contribution >= 0.6 is 22.9 Å². The van der Waals surface area contributed by atoms with Crippen molar-refractivity contribution in [1.29, 1.82) is 0 Å². The number of hydrogen-bond donors (Lipinski definition) is 0. The maximum atomic E-state index is 14.8. The van der Waals surface area contributed by atoms with Crippen LogP contribution in [0.25, 0.3) is 6.08 Å². The zero-order chi connectivity index (χ0) is 23.0. The fraction of sp³-hybridized carbons (Fsp3) is 0.174. The van der Waals surface area contributed by atoms with E-state index in [0.29, 0.717) is 5.70 Å². The van der Waals surface area contributed by atoms with Crippen LogP contribution in [-0.4, -0.2) is 17.1 Å². The molecule has 0 aliphatic carbocycles. The second-order valence-corrected chi connectivity index (χ2v) is 8.38. The lowest BCUT2D eigenvalue weighted by atomic mass is 9.95. The number of ether oxygens (including phenoxy) is 1. The highest BCUT2D eigenvalue weighted by atomic mass is 35.5. The molecule has 0 saturated heterocycles. The summed E-state index contributed by atoms with van der Waals surface area (Å²) in [5.41, 5.74) is 0.0218. The Labute approximate surface area is 190 Å². The lowest BCUT2D eigenvalue weighted by Gasteiger charge is -2.24. The third-order valence-electron chi connectivity index (χ3n) is 4.99. The maximum absolute atomic E-state index is 14.8. The standard InChI is InChI=1S/C23H17ClF2N2O3S/c1-3-31-22(30)19-12(2)27-23-28(20(19)13-7-4-5-9-16(13)25)21(29)18(32-23)11-14-15(24)8-6-10-17(14)26/h4-11,20H,3H2,1-2H3/b18-11+/t20-/m1/s1. The molecule has 2 heterocycles. The SMILES string of the molecule is CCOC(=O)C1=C(C)N=c2s/c(=C/c3c(F)cccc3Cl)c(=O)n2[C@@H]1c1ccccc1F. The highest BCUT2D eigenvalue weighted by molar-refractivity contribution is 7.07. The number of esters is 1. The van der Waals surface area contributed by atoms with Gasteiger partial charge in [-0.2, -0.15) is 0 Å². The monoisotopic (exact) mass is 474 g/mol. The lowest BCUT2D eigenvalue weighted by molar-refractivity contribution is -0.139. The zero-order valence-electron chi connectivity index (χ0n) is 17.1. The molecule has 0 radical (unpaired) electrons. The minimum absolute atomic E-state index is 0.0585. The number of nitrogens with zero attached hydrogens (tertiary/aromatic N) is 2. The van der Waals surface area contributed by atoms with Gasteiger partial charge >= 0.3 is 5.97 Å². The van der Waals surface area contributed by atoms with Crippen LogP contribution in [0.4, 0.5) is 8.78 Å². The topological polar surface area (TPSA) is 60.7 Å². The van der Waals surface area contributed by atoms with Crippen LogP contribution in [0.3, 0.4) is 0 Å². The van der Waals surface area contributed by atoms with Gasteiger partial charge in [-0.3, -0.25) is 9.36 Å². The van der Waals surface area contributed by atoms with Crippen LogP contribution in [0, 0.1) is 11.6 Å². The van der Waals surface area contributed by atoms with E-state index in [0.717, 1.165) is 11.3 Å². The van der Waals surface area contributed by atoms with E-state index in [1.54, 1.807) is 19.9 Å². The number of hydrogen-bond acceptors (Lipinski definition) is 5. The molecule has 0 spiro atoms. The smallest absolute Gasteiger partial charge is 0.338 e. The van der Waals surface area contributed by atoms with Crippen LogP contribution in [-0.2, 0) is 9.53 Å². The van der Waals surface area contributed by atoms with Gasteiger partial charge in [-0.1, -0.05) is 47.2 Å². The first kappa shape index (κ1) is 22.1. The molecule has 9 heteroatoms. The molecule has 1 aromatic heterocycles. The van der Waals surface area contributed by atoms with Crippen LogP contribution in [0.15, 0.2) is 63.5 Å². The summed E-state index contributed by atoms with van der Waals surface area (Å²) >= 11 is 7.11. The molecule has 1 atom stereocenters. The molecule has 164 valence electrons. The number of allylic oxidation sites excluding steroid dienone is 1. The van der Waals surface area contributed by atoms with Crippen molar-refractivity contribution in [3.05, 3.63) is 101 Å². The van der Waals surface area contributed by atoms with Crippen LogP contribution < -0.4 is 14.9 Å². The van der Waals surface area contributed by atoms with Gasteiger partial charge in [0.15, 0.2) is 4.80 Å². The van der Waals surface area contributed by atoms with Crippen molar-refractivity contribution >= 4 is 35.0 Å². The third-order valence-corrected chi connectivity index (χ3v) is 6.30. The average Bonchev–Trinajstić information content (AvgIpc) is 3.05. The first-order valence-corrected chi connectivity index (χ1v) is 10.9. The Balaban J connectivity index is 2.02. The van der Waals surface area contributed by atoms with Crippen molar-refractivity contribution in [2.75, 3.05) is 6.61 Å². The molecule has 5 nitrogen and oxygen atoms in total. The predicted octanol–water partition coefficient (Wildman–Crippen LogP) is 3.73. The Morgan fingerprint density at radius 1 is 1.22 bits per heavy atom. The summed E-state index contributed by atoms with van der Waals surface area (Å²) in [4.78, 5) is 30.8. The second-order valence-electron chi connectivity index (χ2n) is 6.96. The van der Waals surface area contributed by atoms with Crippen molar-refractivity contribution in [2.24, 2.45) is 4.99 Å². The number of halogens is 3. The number of carbonyl (C=O) groups excluding carboxylic acids is 1. The summed E-state index contributed by atoms with van der Waals surface area (Å²) in [5, 5.41) is 0.143. The number of fused-ring (bicyclic) bond motifs is 1. The van der Waals surface area contributed by atoms with E-state index in [2.05, 4.69) is 4.99 Å². The normalized spacial score (nSPS) is 16.0. The van der Waals surface area contributed by atoms with Gasteiger partial charge in [-0.15, -0.1) is 0 Å². The molecule has 2 aromatic carbocycles. The fourth-order valence-electron chi connectivity index (χ4n) is 3.56. The molecule has 4 rings (SSSR count). The third kappa shape index (κ3) is 3.80. The first-order chi connectivity index (χ1) is 15.3. The summed E-state index contributed by atoms with van der Waals surface area (Å²) < 4.78 is 35.7. The van der Waals surface area contributed by atoms with E-state index in [-0.39, 0.29) is 37.7 Å². The van der Waals surface area contributed by atoms with E-state index in [9.17, 15) is 18.4 Å². The minimum atomic E-state index is -1.08. The van der Waals surface area contributed by atoms with Crippen molar-refractivity contribution < 1.29 is 18.3 Å². The lowest BCUT2D eigenvalue weighted by Crippen LogP contribution is -2.40.